The summed E-state index contributed by atoms with van der Waals surface area (Å²) in [5.74, 6) is 0.339. The molecule has 0 bridgehead atoms. The number of aryl methyl sites for hydroxylation is 2. The van der Waals surface area contributed by atoms with Crippen LogP contribution in [0.4, 0.5) is 0 Å². The summed E-state index contributed by atoms with van der Waals surface area (Å²) in [6, 6.07) is 20.1. The number of aromatic nitrogens is 2. The van der Waals surface area contributed by atoms with Crippen LogP contribution in [0.15, 0.2) is 87.5 Å². The first kappa shape index (κ1) is 23.0. The van der Waals surface area contributed by atoms with Crippen LogP contribution in [0, 0.1) is 18.3 Å². The number of ether oxygens (including phenoxy) is 1. The molecule has 0 aliphatic heterocycles. The van der Waals surface area contributed by atoms with Gasteiger partial charge in [0.05, 0.1) is 4.90 Å². The summed E-state index contributed by atoms with van der Waals surface area (Å²) >= 11 is 0. The number of hydrogen-bond acceptors (Lipinski definition) is 6. The van der Waals surface area contributed by atoms with E-state index < -0.39 is 20.3 Å². The summed E-state index contributed by atoms with van der Waals surface area (Å²) in [7, 11) is -4.17. The van der Waals surface area contributed by atoms with Crippen LogP contribution in [0.1, 0.15) is 23.6 Å². The second-order valence-electron chi connectivity index (χ2n) is 7.60. The largest absolute Gasteiger partial charge is 0.438 e. The first-order valence-electron chi connectivity index (χ1n) is 10.5. The molecule has 0 fully saturated rings. The number of sulfone groups is 1. The van der Waals surface area contributed by atoms with Gasteiger partial charge in [-0.05, 0) is 61.4 Å². The molecule has 0 aliphatic rings. The molecule has 0 saturated carbocycles. The van der Waals surface area contributed by atoms with E-state index in [1.807, 2.05) is 26.0 Å². The number of fused-ring (bicyclic) bond motifs is 1. The highest BCUT2D eigenvalue weighted by molar-refractivity contribution is 7.95. The van der Waals surface area contributed by atoms with Crippen LogP contribution in [0.2, 0.25) is 0 Å². The Balaban J connectivity index is 1.90. The zero-order chi connectivity index (χ0) is 24.3. The highest BCUT2D eigenvalue weighted by Crippen LogP contribution is 2.27. The summed E-state index contributed by atoms with van der Waals surface area (Å²) in [6.07, 6.45) is 3.40. The molecular weight excluding hydrogens is 450 g/mol. The zero-order valence-corrected chi connectivity index (χ0v) is 19.4. The van der Waals surface area contributed by atoms with E-state index in [2.05, 4.69) is 4.98 Å². The third-order valence-electron chi connectivity index (χ3n) is 5.29. The van der Waals surface area contributed by atoms with Crippen LogP contribution < -0.4 is 10.3 Å². The molecule has 4 aromatic rings. The predicted molar refractivity (Wildman–Crippen MR) is 129 cm³/mol. The number of rotatable bonds is 6. The van der Waals surface area contributed by atoms with Crippen molar-refractivity contribution in [3.63, 3.8) is 0 Å². The van der Waals surface area contributed by atoms with Crippen LogP contribution in [0.25, 0.3) is 11.7 Å². The maximum absolute atomic E-state index is 13.3. The van der Waals surface area contributed by atoms with E-state index in [1.54, 1.807) is 48.5 Å². The molecule has 0 atom stereocenters. The van der Waals surface area contributed by atoms with Crippen LogP contribution in [-0.4, -0.2) is 17.8 Å². The van der Waals surface area contributed by atoms with E-state index in [0.29, 0.717) is 11.4 Å². The third-order valence-corrected chi connectivity index (χ3v) is 6.97. The van der Waals surface area contributed by atoms with Crippen molar-refractivity contribution in [3.05, 3.63) is 105 Å². The van der Waals surface area contributed by atoms with E-state index in [4.69, 9.17) is 4.74 Å². The van der Waals surface area contributed by atoms with E-state index in [0.717, 1.165) is 23.6 Å². The topological polar surface area (TPSA) is 102 Å². The maximum Gasteiger partial charge on any atom is 0.269 e. The van der Waals surface area contributed by atoms with E-state index in [9.17, 15) is 18.5 Å². The maximum atomic E-state index is 13.3. The molecule has 0 unspecified atom stereocenters. The molecule has 2 aromatic carbocycles. The summed E-state index contributed by atoms with van der Waals surface area (Å²) in [4.78, 5) is 17.1. The van der Waals surface area contributed by atoms with Crippen molar-refractivity contribution < 1.29 is 13.2 Å². The van der Waals surface area contributed by atoms with Crippen LogP contribution >= 0.6 is 0 Å². The Morgan fingerprint density at radius 2 is 1.79 bits per heavy atom. The number of hydrogen-bond donors (Lipinski definition) is 0. The normalized spacial score (nSPS) is 11.9. The number of pyridine rings is 1. The minimum absolute atomic E-state index is 0.0441. The minimum Gasteiger partial charge on any atom is -0.438 e. The van der Waals surface area contributed by atoms with Crippen molar-refractivity contribution in [2.24, 2.45) is 0 Å². The summed E-state index contributed by atoms with van der Waals surface area (Å²) in [5, 5.41) is 9.71. The fraction of sp³-hybridized carbons (Fsp3) is 0.115. The lowest BCUT2D eigenvalue weighted by Crippen LogP contribution is -2.19. The lowest BCUT2D eigenvalue weighted by Gasteiger charge is -2.11. The van der Waals surface area contributed by atoms with Gasteiger partial charge in [-0.1, -0.05) is 42.8 Å². The average Bonchev–Trinajstić information content (AvgIpc) is 2.84. The Morgan fingerprint density at radius 1 is 1.09 bits per heavy atom. The van der Waals surface area contributed by atoms with Gasteiger partial charge in [0.15, 0.2) is 0 Å². The summed E-state index contributed by atoms with van der Waals surface area (Å²) < 4.78 is 33.4. The molecule has 0 aliphatic carbocycles. The number of nitriles is 1. The third kappa shape index (κ3) is 4.47. The van der Waals surface area contributed by atoms with Gasteiger partial charge in [-0.15, -0.1) is 0 Å². The fourth-order valence-electron chi connectivity index (χ4n) is 3.33. The van der Waals surface area contributed by atoms with Crippen molar-refractivity contribution in [2.45, 2.75) is 25.2 Å². The molecule has 0 N–H and O–H groups in total. The first-order chi connectivity index (χ1) is 16.3. The van der Waals surface area contributed by atoms with E-state index in [1.165, 1.54) is 22.7 Å². The summed E-state index contributed by atoms with van der Waals surface area (Å²) in [6.45, 7) is 3.86. The first-order valence-corrected chi connectivity index (χ1v) is 12.0. The van der Waals surface area contributed by atoms with Crippen molar-refractivity contribution in [2.75, 3.05) is 0 Å². The molecule has 0 saturated heterocycles. The van der Waals surface area contributed by atoms with Gasteiger partial charge in [0, 0.05) is 6.20 Å². The van der Waals surface area contributed by atoms with Crippen molar-refractivity contribution in [3.8, 4) is 17.7 Å². The van der Waals surface area contributed by atoms with Crippen LogP contribution in [0.5, 0.6) is 11.6 Å². The molecule has 0 radical (unpaired) electrons. The molecule has 170 valence electrons. The van der Waals surface area contributed by atoms with Gasteiger partial charge >= 0.3 is 0 Å². The van der Waals surface area contributed by atoms with Gasteiger partial charge in [-0.2, -0.15) is 10.2 Å². The molecule has 0 amide bonds. The Hall–Kier alpha value is -4.22. The highest BCUT2D eigenvalue weighted by Gasteiger charge is 2.23. The van der Waals surface area contributed by atoms with E-state index in [-0.39, 0.29) is 16.3 Å². The zero-order valence-electron chi connectivity index (χ0n) is 18.6. The molecule has 4 rings (SSSR count). The second kappa shape index (κ2) is 9.33. The van der Waals surface area contributed by atoms with Crippen molar-refractivity contribution >= 4 is 21.6 Å². The smallest absolute Gasteiger partial charge is 0.269 e. The van der Waals surface area contributed by atoms with E-state index >= 15 is 0 Å². The Morgan fingerprint density at radius 3 is 2.44 bits per heavy atom. The van der Waals surface area contributed by atoms with Crippen molar-refractivity contribution in [1.29, 1.82) is 5.26 Å². The Kier molecular flexibility index (Phi) is 6.30. The van der Waals surface area contributed by atoms with Crippen molar-refractivity contribution in [1.82, 2.24) is 9.38 Å². The second-order valence-corrected chi connectivity index (χ2v) is 9.52. The molecule has 34 heavy (non-hydrogen) atoms. The van der Waals surface area contributed by atoms with Crippen LogP contribution in [-0.2, 0) is 16.3 Å². The number of allylic oxidation sites excluding steroid dienone is 1. The van der Waals surface area contributed by atoms with Gasteiger partial charge in [0.2, 0.25) is 15.7 Å². The van der Waals surface area contributed by atoms with Gasteiger partial charge < -0.3 is 4.74 Å². The number of benzene rings is 2. The SMILES string of the molecule is CCc1ccc(Oc2nc3ccccn3c(=O)c2/C=C(\C#N)S(=O)(=O)c2ccc(C)cc2)cc1. The van der Waals surface area contributed by atoms with Gasteiger partial charge in [-0.25, -0.2) is 8.42 Å². The standard InChI is InChI=1S/C26H21N3O4S/c1-3-19-9-11-20(12-10-19)33-25-23(26(30)29-15-5-4-6-24(29)28-25)16-22(17-27)34(31,32)21-13-7-18(2)8-14-21/h4-16H,3H2,1-2H3/b22-16+. The lowest BCUT2D eigenvalue weighted by molar-refractivity contribution is 0.461. The van der Waals surface area contributed by atoms with Gasteiger partial charge in [0.1, 0.15) is 27.9 Å². The highest BCUT2D eigenvalue weighted by atomic mass is 32.2. The average molecular weight is 472 g/mol. The predicted octanol–water partition coefficient (Wildman–Crippen LogP) is 4.70. The molecule has 8 heteroatoms. The fourth-order valence-corrected chi connectivity index (χ4v) is 4.48. The summed E-state index contributed by atoms with van der Waals surface area (Å²) in [5.41, 5.74) is 1.61. The Labute approximate surface area is 197 Å². The Bertz CT molecular complexity index is 1600. The van der Waals surface area contributed by atoms with Crippen LogP contribution in [0.3, 0.4) is 0 Å². The lowest BCUT2D eigenvalue weighted by atomic mass is 10.2. The minimum atomic E-state index is -4.17. The quantitative estimate of drug-likeness (QED) is 0.378. The molecular formula is C26H21N3O4S. The molecule has 2 aromatic heterocycles. The molecule has 7 nitrogen and oxygen atoms in total. The van der Waals surface area contributed by atoms with Gasteiger partial charge in [0.25, 0.3) is 5.56 Å². The molecule has 2 heterocycles. The monoisotopic (exact) mass is 471 g/mol. The molecule has 0 spiro atoms. The van der Waals surface area contributed by atoms with Gasteiger partial charge in [-0.3, -0.25) is 9.20 Å². The number of nitrogens with zero attached hydrogens (tertiary/aromatic N) is 3.